The smallest absolute Gasteiger partial charge is 0.250 e. The number of aryl methyl sites for hydroxylation is 2. The van der Waals surface area contributed by atoms with Crippen molar-refractivity contribution in [2.45, 2.75) is 33.1 Å². The number of hydrogen-bond acceptors (Lipinski definition) is 8. The summed E-state index contributed by atoms with van der Waals surface area (Å²) in [5.74, 6) is 2.27. The second-order valence-corrected chi connectivity index (χ2v) is 10.2. The van der Waals surface area contributed by atoms with E-state index in [2.05, 4.69) is 93.5 Å². The number of hydrogen-bond donors (Lipinski definition) is 2. The molecule has 184 valence electrons. The van der Waals surface area contributed by atoms with E-state index in [9.17, 15) is 0 Å². The molecule has 0 unspecified atom stereocenters. The van der Waals surface area contributed by atoms with E-state index in [1.54, 1.807) is 11.3 Å². The Kier molecular flexibility index (Phi) is 7.52. The summed E-state index contributed by atoms with van der Waals surface area (Å²) in [7, 11) is 0. The van der Waals surface area contributed by atoms with E-state index in [0.29, 0.717) is 23.8 Å². The second kappa shape index (κ2) is 11.3. The molecule has 0 amide bonds. The highest BCUT2D eigenvalue weighted by Crippen LogP contribution is 2.26. The Hall–Kier alpha value is -3.78. The minimum absolute atomic E-state index is 0.423. The van der Waals surface area contributed by atoms with E-state index >= 15 is 0 Å². The zero-order valence-corrected chi connectivity index (χ0v) is 21.5. The summed E-state index contributed by atoms with van der Waals surface area (Å²) < 4.78 is 0. The van der Waals surface area contributed by atoms with Gasteiger partial charge in [-0.2, -0.15) is 20.1 Å². The van der Waals surface area contributed by atoms with Crippen molar-refractivity contribution in [2.24, 2.45) is 11.0 Å². The molecule has 1 aliphatic rings. The average molecular weight is 498 g/mol. The van der Waals surface area contributed by atoms with Gasteiger partial charge in [0.25, 0.3) is 0 Å². The molecule has 4 aromatic rings. The van der Waals surface area contributed by atoms with Gasteiger partial charge in [-0.25, -0.2) is 5.43 Å². The summed E-state index contributed by atoms with van der Waals surface area (Å²) >= 11 is 1.65. The lowest BCUT2D eigenvalue weighted by atomic mass is 9.90. The van der Waals surface area contributed by atoms with Crippen LogP contribution in [0.5, 0.6) is 0 Å². The average Bonchev–Trinajstić information content (AvgIpc) is 3.31. The van der Waals surface area contributed by atoms with Crippen LogP contribution < -0.4 is 15.6 Å². The lowest BCUT2D eigenvalue weighted by Gasteiger charge is -2.32. The minimum atomic E-state index is 0.423. The van der Waals surface area contributed by atoms with Gasteiger partial charge in [0.2, 0.25) is 17.8 Å². The van der Waals surface area contributed by atoms with Crippen molar-refractivity contribution in [1.29, 1.82) is 0 Å². The van der Waals surface area contributed by atoms with Gasteiger partial charge in [-0.15, -0.1) is 11.3 Å². The van der Waals surface area contributed by atoms with Crippen LogP contribution in [0.25, 0.3) is 0 Å². The number of benzene rings is 2. The summed E-state index contributed by atoms with van der Waals surface area (Å²) in [6.45, 7) is 5.98. The van der Waals surface area contributed by atoms with Gasteiger partial charge in [0.15, 0.2) is 0 Å². The van der Waals surface area contributed by atoms with Crippen molar-refractivity contribution < 1.29 is 0 Å². The van der Waals surface area contributed by atoms with Crippen molar-refractivity contribution in [3.05, 3.63) is 87.6 Å². The number of rotatable bonds is 8. The van der Waals surface area contributed by atoms with Crippen LogP contribution in [0, 0.1) is 19.8 Å². The molecule has 36 heavy (non-hydrogen) atoms. The van der Waals surface area contributed by atoms with Gasteiger partial charge in [-0.3, -0.25) is 0 Å². The Morgan fingerprint density at radius 3 is 2.42 bits per heavy atom. The maximum atomic E-state index is 4.76. The standard InChI is InChI=1S/C28H31N7S/c1-20-8-10-24(11-9-20)30-26-31-27(34-29-19-25-21(2)14-17-36-25)33-28(32-26)35-15-12-23(13-16-35)18-22-6-4-3-5-7-22/h3-11,14,17,19,23H,12-13,15-16,18H2,1-2H3,(H2,30,31,32,33,34)/b29-19-. The minimum Gasteiger partial charge on any atom is -0.341 e. The Morgan fingerprint density at radius 2 is 1.69 bits per heavy atom. The van der Waals surface area contributed by atoms with Crippen molar-refractivity contribution in [1.82, 2.24) is 15.0 Å². The van der Waals surface area contributed by atoms with Gasteiger partial charge < -0.3 is 10.2 Å². The molecule has 1 saturated heterocycles. The molecule has 0 aliphatic carbocycles. The summed E-state index contributed by atoms with van der Waals surface area (Å²) in [5.41, 5.74) is 7.76. The predicted molar refractivity (Wildman–Crippen MR) is 150 cm³/mol. The fourth-order valence-corrected chi connectivity index (χ4v) is 5.11. The van der Waals surface area contributed by atoms with E-state index in [-0.39, 0.29) is 0 Å². The number of aromatic nitrogens is 3. The number of nitrogens with one attached hydrogen (secondary N) is 2. The van der Waals surface area contributed by atoms with Crippen LogP contribution in [-0.2, 0) is 6.42 Å². The molecular formula is C28H31N7S. The van der Waals surface area contributed by atoms with Crippen LogP contribution in [-0.4, -0.2) is 34.3 Å². The molecule has 5 rings (SSSR count). The third-order valence-corrected chi connectivity index (χ3v) is 7.40. The molecule has 0 atom stereocenters. The summed E-state index contributed by atoms with van der Waals surface area (Å²) in [4.78, 5) is 17.4. The summed E-state index contributed by atoms with van der Waals surface area (Å²) in [6.07, 6.45) is 5.15. The molecule has 1 aliphatic heterocycles. The zero-order chi connectivity index (χ0) is 24.7. The highest BCUT2D eigenvalue weighted by Gasteiger charge is 2.22. The van der Waals surface area contributed by atoms with E-state index < -0.39 is 0 Å². The van der Waals surface area contributed by atoms with Gasteiger partial charge >= 0.3 is 0 Å². The molecular weight excluding hydrogens is 466 g/mol. The van der Waals surface area contributed by atoms with Crippen LogP contribution in [0.15, 0.2) is 71.1 Å². The van der Waals surface area contributed by atoms with E-state index in [0.717, 1.165) is 42.9 Å². The van der Waals surface area contributed by atoms with Crippen LogP contribution in [0.1, 0.15) is 34.4 Å². The molecule has 0 saturated carbocycles. The number of nitrogens with zero attached hydrogens (tertiary/aromatic N) is 5. The molecule has 2 aromatic carbocycles. The van der Waals surface area contributed by atoms with Gasteiger partial charge in [-0.05, 0) is 73.7 Å². The van der Waals surface area contributed by atoms with Crippen LogP contribution >= 0.6 is 11.3 Å². The fraction of sp³-hybridized carbons (Fsp3) is 0.286. The fourth-order valence-electron chi connectivity index (χ4n) is 4.33. The van der Waals surface area contributed by atoms with Gasteiger partial charge in [0, 0.05) is 23.7 Å². The first kappa shape index (κ1) is 23.9. The van der Waals surface area contributed by atoms with E-state index in [1.165, 1.54) is 16.7 Å². The van der Waals surface area contributed by atoms with Crippen molar-refractivity contribution >= 4 is 41.1 Å². The molecule has 2 aromatic heterocycles. The van der Waals surface area contributed by atoms with Crippen LogP contribution in [0.3, 0.4) is 0 Å². The number of thiophene rings is 1. The molecule has 0 radical (unpaired) electrons. The van der Waals surface area contributed by atoms with Crippen molar-refractivity contribution in [3.63, 3.8) is 0 Å². The highest BCUT2D eigenvalue weighted by molar-refractivity contribution is 7.11. The Balaban J connectivity index is 1.31. The Morgan fingerprint density at radius 1 is 0.944 bits per heavy atom. The van der Waals surface area contributed by atoms with Crippen LogP contribution in [0.2, 0.25) is 0 Å². The largest absolute Gasteiger partial charge is 0.341 e. The Labute approximate surface area is 216 Å². The van der Waals surface area contributed by atoms with Crippen molar-refractivity contribution in [2.75, 3.05) is 28.7 Å². The second-order valence-electron chi connectivity index (χ2n) is 9.23. The molecule has 2 N–H and O–H groups in total. The maximum absolute atomic E-state index is 4.76. The first-order chi connectivity index (χ1) is 17.6. The molecule has 8 heteroatoms. The first-order valence-corrected chi connectivity index (χ1v) is 13.2. The maximum Gasteiger partial charge on any atom is 0.250 e. The quantitative estimate of drug-likeness (QED) is 0.223. The third-order valence-electron chi connectivity index (χ3n) is 6.44. The monoisotopic (exact) mass is 497 g/mol. The first-order valence-electron chi connectivity index (χ1n) is 12.3. The van der Waals surface area contributed by atoms with Gasteiger partial charge in [-0.1, -0.05) is 48.0 Å². The van der Waals surface area contributed by atoms with Crippen LogP contribution in [0.4, 0.5) is 23.5 Å². The molecule has 0 bridgehead atoms. The lowest BCUT2D eigenvalue weighted by molar-refractivity contribution is 0.400. The molecule has 0 spiro atoms. The van der Waals surface area contributed by atoms with E-state index in [1.807, 2.05) is 18.3 Å². The van der Waals surface area contributed by atoms with Crippen molar-refractivity contribution in [3.8, 4) is 0 Å². The molecule has 1 fully saturated rings. The van der Waals surface area contributed by atoms with E-state index in [4.69, 9.17) is 9.97 Å². The number of hydrazone groups is 1. The van der Waals surface area contributed by atoms with Gasteiger partial charge in [0.05, 0.1) is 6.21 Å². The molecule has 3 heterocycles. The van der Waals surface area contributed by atoms with Gasteiger partial charge in [0.1, 0.15) is 0 Å². The normalized spacial score (nSPS) is 14.3. The highest BCUT2D eigenvalue weighted by atomic mass is 32.1. The lowest BCUT2D eigenvalue weighted by Crippen LogP contribution is -2.35. The predicted octanol–water partition coefficient (Wildman–Crippen LogP) is 6.20. The number of piperidine rings is 1. The Bertz CT molecular complexity index is 1290. The number of anilines is 4. The zero-order valence-electron chi connectivity index (χ0n) is 20.7. The topological polar surface area (TPSA) is 78.3 Å². The SMILES string of the molecule is Cc1ccc(Nc2nc(N/N=C\c3sccc3C)nc(N3CCC(Cc4ccccc4)CC3)n2)cc1. The summed E-state index contributed by atoms with van der Waals surface area (Å²) in [5, 5.41) is 9.77. The third kappa shape index (κ3) is 6.26. The molecule has 7 nitrogen and oxygen atoms in total. The summed E-state index contributed by atoms with van der Waals surface area (Å²) in [6, 6.07) is 21.0.